The Balaban J connectivity index is 1.94. The van der Waals surface area contributed by atoms with Gasteiger partial charge in [0.2, 0.25) is 5.91 Å². The molecule has 1 aliphatic carbocycles. The topological polar surface area (TPSA) is 86.7 Å². The number of benzene rings is 1. The fraction of sp³-hybridized carbons (Fsp3) is 0.400. The molecule has 112 valence electrons. The molecule has 1 aliphatic rings. The Morgan fingerprint density at radius 3 is 2.19 bits per heavy atom. The van der Waals surface area contributed by atoms with Gasteiger partial charge in [0.1, 0.15) is 5.41 Å². The molecule has 0 aliphatic heterocycles. The predicted octanol–water partition coefficient (Wildman–Crippen LogP) is 0.869. The summed E-state index contributed by atoms with van der Waals surface area (Å²) in [6.45, 7) is 0.254. The highest BCUT2D eigenvalue weighted by molar-refractivity contribution is 6.04. The standard InChI is InChI=1S/C15H18N2O4/c1-17(2)12(18)11-5-3-10(4-6-11)9-16-13(19)15(7-8-15)14(20)21/h3-6H,7-9H2,1-2H3,(H,16,19)(H,20,21). The van der Waals surface area contributed by atoms with Crippen molar-refractivity contribution in [2.45, 2.75) is 19.4 Å². The number of carbonyl (C=O) groups is 3. The number of nitrogens with one attached hydrogen (secondary N) is 1. The summed E-state index contributed by atoms with van der Waals surface area (Å²) in [5.74, 6) is -1.59. The highest BCUT2D eigenvalue weighted by Gasteiger charge is 2.56. The quantitative estimate of drug-likeness (QED) is 0.788. The van der Waals surface area contributed by atoms with Gasteiger partial charge in [-0.3, -0.25) is 14.4 Å². The van der Waals surface area contributed by atoms with Crippen molar-refractivity contribution >= 4 is 17.8 Å². The van der Waals surface area contributed by atoms with E-state index in [1.54, 1.807) is 38.4 Å². The van der Waals surface area contributed by atoms with E-state index in [0.717, 1.165) is 5.56 Å². The van der Waals surface area contributed by atoms with Crippen LogP contribution in [0.5, 0.6) is 0 Å². The Morgan fingerprint density at radius 2 is 1.76 bits per heavy atom. The van der Waals surface area contributed by atoms with Crippen molar-refractivity contribution in [3.05, 3.63) is 35.4 Å². The molecule has 21 heavy (non-hydrogen) atoms. The highest BCUT2D eigenvalue weighted by atomic mass is 16.4. The van der Waals surface area contributed by atoms with E-state index in [2.05, 4.69) is 5.32 Å². The molecule has 0 bridgehead atoms. The minimum absolute atomic E-state index is 0.0894. The van der Waals surface area contributed by atoms with Gasteiger partial charge in [-0.15, -0.1) is 0 Å². The van der Waals surface area contributed by atoms with Gasteiger partial charge in [0, 0.05) is 26.2 Å². The molecule has 0 atom stereocenters. The zero-order valence-corrected chi connectivity index (χ0v) is 12.0. The molecule has 6 nitrogen and oxygen atoms in total. The van der Waals surface area contributed by atoms with E-state index >= 15 is 0 Å². The van der Waals surface area contributed by atoms with E-state index < -0.39 is 17.3 Å². The summed E-state index contributed by atoms with van der Waals surface area (Å²) >= 11 is 0. The van der Waals surface area contributed by atoms with Gasteiger partial charge in [0.15, 0.2) is 0 Å². The first-order valence-electron chi connectivity index (χ1n) is 6.69. The molecule has 0 saturated heterocycles. The third-order valence-electron chi connectivity index (χ3n) is 3.65. The molecule has 0 spiro atoms. The summed E-state index contributed by atoms with van der Waals surface area (Å²) in [7, 11) is 3.36. The zero-order chi connectivity index (χ0) is 15.6. The second kappa shape index (κ2) is 5.55. The number of nitrogens with zero attached hydrogens (tertiary/aromatic N) is 1. The normalized spacial score (nSPS) is 15.1. The van der Waals surface area contributed by atoms with E-state index in [4.69, 9.17) is 5.11 Å². The smallest absolute Gasteiger partial charge is 0.319 e. The molecular formula is C15H18N2O4. The van der Waals surface area contributed by atoms with Gasteiger partial charge in [-0.25, -0.2) is 0 Å². The number of aliphatic carboxylic acids is 1. The summed E-state index contributed by atoms with van der Waals surface area (Å²) in [6.07, 6.45) is 0.787. The van der Waals surface area contributed by atoms with Gasteiger partial charge in [0.25, 0.3) is 5.91 Å². The van der Waals surface area contributed by atoms with Crippen LogP contribution >= 0.6 is 0 Å². The maximum absolute atomic E-state index is 11.9. The van der Waals surface area contributed by atoms with E-state index in [1.807, 2.05) is 0 Å². The van der Waals surface area contributed by atoms with Crippen molar-refractivity contribution in [3.8, 4) is 0 Å². The van der Waals surface area contributed by atoms with Crippen molar-refractivity contribution in [1.82, 2.24) is 10.2 Å². The minimum atomic E-state index is -1.22. The average molecular weight is 290 g/mol. The van der Waals surface area contributed by atoms with Gasteiger partial charge in [-0.05, 0) is 30.5 Å². The second-order valence-electron chi connectivity index (χ2n) is 5.47. The number of hydrogen-bond donors (Lipinski definition) is 2. The van der Waals surface area contributed by atoms with Crippen LogP contribution in [0.15, 0.2) is 24.3 Å². The number of hydrogen-bond acceptors (Lipinski definition) is 3. The van der Waals surface area contributed by atoms with Crippen LogP contribution in [0.25, 0.3) is 0 Å². The highest BCUT2D eigenvalue weighted by Crippen LogP contribution is 2.46. The molecule has 1 aromatic rings. The Labute approximate surface area is 122 Å². The van der Waals surface area contributed by atoms with Gasteiger partial charge >= 0.3 is 5.97 Å². The molecule has 1 fully saturated rings. The lowest BCUT2D eigenvalue weighted by atomic mass is 10.1. The van der Waals surface area contributed by atoms with Crippen molar-refractivity contribution in [2.24, 2.45) is 5.41 Å². The summed E-state index contributed by atoms with van der Waals surface area (Å²) in [5.41, 5.74) is 0.167. The monoisotopic (exact) mass is 290 g/mol. The van der Waals surface area contributed by atoms with Crippen molar-refractivity contribution in [2.75, 3.05) is 14.1 Å². The lowest BCUT2D eigenvalue weighted by Gasteiger charge is -2.12. The average Bonchev–Trinajstić information content (AvgIpc) is 3.26. The predicted molar refractivity (Wildman–Crippen MR) is 75.6 cm³/mol. The van der Waals surface area contributed by atoms with Crippen molar-refractivity contribution in [3.63, 3.8) is 0 Å². The Morgan fingerprint density at radius 1 is 1.19 bits per heavy atom. The van der Waals surface area contributed by atoms with Crippen molar-refractivity contribution in [1.29, 1.82) is 0 Å². The van der Waals surface area contributed by atoms with Gasteiger partial charge in [-0.2, -0.15) is 0 Å². The summed E-state index contributed by atoms with van der Waals surface area (Å²) in [5, 5.41) is 11.7. The fourth-order valence-corrected chi connectivity index (χ4v) is 2.04. The van der Waals surface area contributed by atoms with Gasteiger partial charge in [0.05, 0.1) is 0 Å². The molecule has 0 heterocycles. The maximum atomic E-state index is 11.9. The number of rotatable bonds is 5. The van der Waals surface area contributed by atoms with Crippen LogP contribution in [0, 0.1) is 5.41 Å². The number of amides is 2. The molecule has 1 saturated carbocycles. The Kier molecular flexibility index (Phi) is 3.97. The van der Waals surface area contributed by atoms with Gasteiger partial charge in [-0.1, -0.05) is 12.1 Å². The first kappa shape index (κ1) is 15.0. The molecule has 0 radical (unpaired) electrons. The fourth-order valence-electron chi connectivity index (χ4n) is 2.04. The molecule has 2 N–H and O–H groups in total. The molecule has 6 heteroatoms. The van der Waals surface area contributed by atoms with E-state index in [9.17, 15) is 14.4 Å². The third kappa shape index (κ3) is 3.04. The molecule has 1 aromatic carbocycles. The van der Waals surface area contributed by atoms with Crippen LogP contribution in [-0.2, 0) is 16.1 Å². The molecule has 0 unspecified atom stereocenters. The molecule has 2 amide bonds. The maximum Gasteiger partial charge on any atom is 0.319 e. The van der Waals surface area contributed by atoms with Crippen LogP contribution < -0.4 is 5.32 Å². The summed E-state index contributed by atoms with van der Waals surface area (Å²) in [4.78, 5) is 36.1. The molecule has 2 rings (SSSR count). The zero-order valence-electron chi connectivity index (χ0n) is 12.0. The van der Waals surface area contributed by atoms with Crippen LogP contribution in [0.3, 0.4) is 0 Å². The molecular weight excluding hydrogens is 272 g/mol. The second-order valence-corrected chi connectivity index (χ2v) is 5.47. The summed E-state index contributed by atoms with van der Waals surface area (Å²) < 4.78 is 0. The van der Waals surface area contributed by atoms with Crippen LogP contribution in [0.4, 0.5) is 0 Å². The SMILES string of the molecule is CN(C)C(=O)c1ccc(CNC(=O)C2(C(=O)O)CC2)cc1. The molecule has 0 aromatic heterocycles. The first-order valence-corrected chi connectivity index (χ1v) is 6.69. The largest absolute Gasteiger partial charge is 0.480 e. The number of carboxylic acids is 1. The Hall–Kier alpha value is -2.37. The lowest BCUT2D eigenvalue weighted by Crippen LogP contribution is -2.36. The Bertz CT molecular complexity index is 574. The minimum Gasteiger partial charge on any atom is -0.480 e. The van der Waals surface area contributed by atoms with E-state index in [0.29, 0.717) is 18.4 Å². The number of carbonyl (C=O) groups excluding carboxylic acids is 2. The number of carboxylic acid groups (broad SMARTS) is 1. The lowest BCUT2D eigenvalue weighted by molar-refractivity contribution is -0.149. The van der Waals surface area contributed by atoms with Gasteiger partial charge < -0.3 is 15.3 Å². The van der Waals surface area contributed by atoms with Crippen molar-refractivity contribution < 1.29 is 19.5 Å². The third-order valence-corrected chi connectivity index (χ3v) is 3.65. The van der Waals surface area contributed by atoms with Crippen LogP contribution in [0.2, 0.25) is 0 Å². The van der Waals surface area contributed by atoms with Crippen LogP contribution in [-0.4, -0.2) is 41.9 Å². The first-order chi connectivity index (χ1) is 9.86. The van der Waals surface area contributed by atoms with E-state index in [1.165, 1.54) is 4.90 Å². The van der Waals surface area contributed by atoms with Crippen LogP contribution in [0.1, 0.15) is 28.8 Å². The van der Waals surface area contributed by atoms with E-state index in [-0.39, 0.29) is 12.5 Å². The summed E-state index contributed by atoms with van der Waals surface area (Å²) in [6, 6.07) is 6.87.